The fraction of sp³-hybridized carbons (Fsp3) is 0.429. The number of nitrogens with one attached hydrogen (secondary N) is 2. The zero-order valence-corrected chi connectivity index (χ0v) is 34.8. The number of allylic oxidation sites excluding steroid dienone is 9. The van der Waals surface area contributed by atoms with Crippen LogP contribution in [0.3, 0.4) is 0 Å². The molecule has 0 aromatic heterocycles. The molecule has 3 aromatic carbocycles. The Morgan fingerprint density at radius 3 is 2.70 bits per heavy atom. The first-order valence-electron chi connectivity index (χ1n) is 21.2. The lowest BCUT2D eigenvalue weighted by Gasteiger charge is -2.31. The van der Waals surface area contributed by atoms with Crippen LogP contribution in [-0.2, 0) is 11.2 Å². The Bertz CT molecular complexity index is 1920. The predicted molar refractivity (Wildman–Crippen MR) is 241 cm³/mol. The van der Waals surface area contributed by atoms with Crippen molar-refractivity contribution in [2.24, 2.45) is 4.99 Å². The van der Waals surface area contributed by atoms with E-state index in [0.29, 0.717) is 19.5 Å². The molecular weight excluding hydrogens is 707 g/mol. The van der Waals surface area contributed by atoms with Crippen molar-refractivity contribution in [3.05, 3.63) is 125 Å². The molecule has 3 aromatic rings. The van der Waals surface area contributed by atoms with E-state index in [2.05, 4.69) is 114 Å². The summed E-state index contributed by atoms with van der Waals surface area (Å²) in [6.45, 7) is 15.7. The molecule has 1 heterocycles. The van der Waals surface area contributed by atoms with Crippen LogP contribution in [0.5, 0.6) is 5.75 Å². The summed E-state index contributed by atoms with van der Waals surface area (Å²) in [4.78, 5) is 22.6. The molecule has 1 amide bonds. The number of aliphatic hydroxyl groups excluding tert-OH is 1. The van der Waals surface area contributed by atoms with Crippen LogP contribution in [-0.4, -0.2) is 92.7 Å². The molecule has 57 heavy (non-hydrogen) atoms. The number of aliphatic hydroxyl groups is 1. The molecule has 0 saturated carbocycles. The third kappa shape index (κ3) is 13.7. The largest absolute Gasteiger partial charge is 0.490 e. The van der Waals surface area contributed by atoms with Gasteiger partial charge in [0.25, 0.3) is 0 Å². The molecule has 2 unspecified atom stereocenters. The summed E-state index contributed by atoms with van der Waals surface area (Å²) in [6.07, 6.45) is 21.9. The quantitative estimate of drug-likeness (QED) is 0.0889. The van der Waals surface area contributed by atoms with E-state index in [9.17, 15) is 9.90 Å². The second-order valence-electron chi connectivity index (χ2n) is 15.1. The average Bonchev–Trinajstić information content (AvgIpc) is 3.23. The van der Waals surface area contributed by atoms with Crippen molar-refractivity contribution in [2.45, 2.75) is 78.4 Å². The molecule has 1 aliphatic carbocycles. The number of hydrogen-bond donors (Lipinski definition) is 3. The average molecular weight is 772 g/mol. The fourth-order valence-electron chi connectivity index (χ4n) is 7.54. The van der Waals surface area contributed by atoms with Gasteiger partial charge in [-0.05, 0) is 118 Å². The number of ether oxygens (including phenoxy) is 1. The Morgan fingerprint density at radius 2 is 1.86 bits per heavy atom. The van der Waals surface area contributed by atoms with E-state index in [1.54, 1.807) is 0 Å². The van der Waals surface area contributed by atoms with Crippen LogP contribution >= 0.6 is 0 Å². The predicted octanol–water partition coefficient (Wildman–Crippen LogP) is 8.48. The molecule has 0 fully saturated rings. The lowest BCUT2D eigenvalue weighted by molar-refractivity contribution is -0.121. The lowest BCUT2D eigenvalue weighted by atomic mass is 9.96. The van der Waals surface area contributed by atoms with Crippen molar-refractivity contribution in [1.29, 1.82) is 0 Å². The van der Waals surface area contributed by atoms with Gasteiger partial charge in [0.2, 0.25) is 5.91 Å². The number of aliphatic imine (C=N–C) groups is 1. The molecule has 3 N–H and O–H groups in total. The first kappa shape index (κ1) is 43.4. The normalized spacial score (nSPS) is 16.9. The number of carbonyl (C=O) groups excluding carboxylic acids is 1. The third-order valence-electron chi connectivity index (χ3n) is 10.7. The summed E-state index contributed by atoms with van der Waals surface area (Å²) in [6, 6.07) is 21.0. The van der Waals surface area contributed by atoms with Crippen LogP contribution < -0.4 is 20.3 Å². The van der Waals surface area contributed by atoms with Crippen molar-refractivity contribution in [3.63, 3.8) is 0 Å². The van der Waals surface area contributed by atoms with Crippen LogP contribution in [0.25, 0.3) is 16.8 Å². The SMILES string of the molecule is C/C=C\C(C=Cc1ccc2c(c1)CCCN2CCC(=O)NC(C)CCCN(CC)CC)=C1\C=CC=CC1=NCCCNCC(O)COc1cccc2ccccc12. The molecule has 8 heteroatoms. The Labute approximate surface area is 341 Å². The Balaban J connectivity index is 1.10. The van der Waals surface area contributed by atoms with Gasteiger partial charge in [-0.1, -0.05) is 98.8 Å². The van der Waals surface area contributed by atoms with Gasteiger partial charge >= 0.3 is 0 Å². The minimum atomic E-state index is -0.606. The third-order valence-corrected chi connectivity index (χ3v) is 10.7. The number of nitrogens with zero attached hydrogens (tertiary/aromatic N) is 3. The highest BCUT2D eigenvalue weighted by Crippen LogP contribution is 2.29. The highest BCUT2D eigenvalue weighted by atomic mass is 16.5. The Hall–Kier alpha value is -4.76. The van der Waals surface area contributed by atoms with Gasteiger partial charge in [0.1, 0.15) is 18.5 Å². The van der Waals surface area contributed by atoms with Gasteiger partial charge in [-0.2, -0.15) is 0 Å². The second kappa shape index (κ2) is 23.5. The number of hydrogen-bond acceptors (Lipinski definition) is 7. The van der Waals surface area contributed by atoms with Gasteiger partial charge in [0.05, 0.1) is 5.71 Å². The standard InChI is InChI=1S/C49H65N5O3/c1-5-16-40(27-25-39-26-28-47-42(35-39)20-14-33-54(47)34-29-49(56)52-38(4)17-13-32-53(6-2)7-3)44-21-10-11-23-46(44)51-31-15-30-50-36-43(55)37-57-48-24-12-19-41-18-8-9-22-45(41)48/h5,8-12,16,18-19,21-28,35,38,43,50,55H,6-7,13-15,17,20,29-34,36-37H2,1-4H3,(H,52,56)/b16-5-,27-25?,44-40+,51-46?. The van der Waals surface area contributed by atoms with E-state index in [0.717, 1.165) is 105 Å². The molecular formula is C49H65N5O3. The highest BCUT2D eigenvalue weighted by molar-refractivity contribution is 6.12. The number of carbonyl (C=O) groups is 1. The zero-order chi connectivity index (χ0) is 40.2. The summed E-state index contributed by atoms with van der Waals surface area (Å²) < 4.78 is 5.96. The van der Waals surface area contributed by atoms with Crippen LogP contribution in [0.1, 0.15) is 70.9 Å². The fourth-order valence-corrected chi connectivity index (χ4v) is 7.54. The van der Waals surface area contributed by atoms with Crippen LogP contribution in [0.15, 0.2) is 119 Å². The smallest absolute Gasteiger partial charge is 0.221 e. The van der Waals surface area contributed by atoms with Gasteiger partial charge in [-0.15, -0.1) is 0 Å². The van der Waals surface area contributed by atoms with Gasteiger partial charge in [0.15, 0.2) is 0 Å². The van der Waals surface area contributed by atoms with Crippen LogP contribution in [0.4, 0.5) is 5.69 Å². The molecule has 0 saturated heterocycles. The van der Waals surface area contributed by atoms with Crippen molar-refractivity contribution < 1.29 is 14.6 Å². The van der Waals surface area contributed by atoms with Crippen molar-refractivity contribution in [1.82, 2.24) is 15.5 Å². The van der Waals surface area contributed by atoms with Crippen molar-refractivity contribution >= 4 is 34.2 Å². The van der Waals surface area contributed by atoms with Crippen LogP contribution in [0.2, 0.25) is 0 Å². The number of rotatable bonds is 22. The summed E-state index contributed by atoms with van der Waals surface area (Å²) in [7, 11) is 0. The molecule has 0 bridgehead atoms. The van der Waals surface area contributed by atoms with E-state index >= 15 is 0 Å². The van der Waals surface area contributed by atoms with E-state index in [1.807, 2.05) is 43.3 Å². The first-order chi connectivity index (χ1) is 27.9. The zero-order valence-electron chi connectivity index (χ0n) is 34.8. The summed E-state index contributed by atoms with van der Waals surface area (Å²) in [5, 5.41) is 19.3. The minimum Gasteiger partial charge on any atom is -0.490 e. The number of amides is 1. The molecule has 0 spiro atoms. The van der Waals surface area contributed by atoms with Crippen LogP contribution in [0, 0.1) is 0 Å². The molecule has 5 rings (SSSR count). The first-order valence-corrected chi connectivity index (χ1v) is 21.2. The summed E-state index contributed by atoms with van der Waals surface area (Å²) in [5.74, 6) is 0.932. The topological polar surface area (TPSA) is 89.4 Å². The molecule has 1 aliphatic heterocycles. The molecule has 2 atom stereocenters. The van der Waals surface area contributed by atoms with Gasteiger partial charge < -0.3 is 30.3 Å². The van der Waals surface area contributed by atoms with Gasteiger partial charge in [0, 0.05) is 55.3 Å². The van der Waals surface area contributed by atoms with Gasteiger partial charge in [-0.25, -0.2) is 0 Å². The monoisotopic (exact) mass is 772 g/mol. The van der Waals surface area contributed by atoms with Crippen molar-refractivity contribution in [3.8, 4) is 5.75 Å². The number of aryl methyl sites for hydroxylation is 1. The van der Waals surface area contributed by atoms with E-state index in [-0.39, 0.29) is 18.6 Å². The van der Waals surface area contributed by atoms with E-state index in [4.69, 9.17) is 9.73 Å². The van der Waals surface area contributed by atoms with Gasteiger partial charge in [-0.3, -0.25) is 9.79 Å². The number of anilines is 1. The van der Waals surface area contributed by atoms with E-state index in [1.165, 1.54) is 16.8 Å². The molecule has 0 radical (unpaired) electrons. The summed E-state index contributed by atoms with van der Waals surface area (Å²) >= 11 is 0. The van der Waals surface area contributed by atoms with Crippen molar-refractivity contribution in [2.75, 3.05) is 63.9 Å². The molecule has 2 aliphatic rings. The maximum Gasteiger partial charge on any atom is 0.221 e. The van der Waals surface area contributed by atoms with E-state index < -0.39 is 6.10 Å². The molecule has 304 valence electrons. The Kier molecular flexibility index (Phi) is 17.9. The molecule has 8 nitrogen and oxygen atoms in total. The lowest BCUT2D eigenvalue weighted by Crippen LogP contribution is -2.37. The minimum absolute atomic E-state index is 0.141. The highest BCUT2D eigenvalue weighted by Gasteiger charge is 2.19. The number of benzene rings is 3. The summed E-state index contributed by atoms with van der Waals surface area (Å²) in [5.41, 5.74) is 6.93. The maximum absolute atomic E-state index is 12.8. The second-order valence-corrected chi connectivity index (χ2v) is 15.1. The maximum atomic E-state index is 12.8. The Morgan fingerprint density at radius 1 is 1.04 bits per heavy atom. The number of fused-ring (bicyclic) bond motifs is 2.